The molecule has 7 aromatic rings. The Bertz CT molecular complexity index is 2360. The van der Waals surface area contributed by atoms with Gasteiger partial charge in [0.2, 0.25) is 5.16 Å². The summed E-state index contributed by atoms with van der Waals surface area (Å²) >= 11 is 1.54. The van der Waals surface area contributed by atoms with Crippen molar-refractivity contribution in [3.8, 4) is 16.8 Å². The number of carbonyl (C=O) groups excluding carboxylic acids is 1. The lowest BCUT2D eigenvalue weighted by Gasteiger charge is -2.41. The number of hydrogen-bond donors (Lipinski definition) is 2. The normalized spacial score (nSPS) is 18.4. The number of aliphatic hydroxyl groups is 1. The smallest absolute Gasteiger partial charge is 0.271 e. The summed E-state index contributed by atoms with van der Waals surface area (Å²) in [6.07, 6.45) is 0.410. The fourth-order valence-corrected chi connectivity index (χ4v) is 7.63. The van der Waals surface area contributed by atoms with Gasteiger partial charge >= 0.3 is 0 Å². The Morgan fingerprint density at radius 2 is 1.56 bits per heavy atom. The Kier molecular flexibility index (Phi) is 10.5. The van der Waals surface area contributed by atoms with Crippen LogP contribution in [0.15, 0.2) is 139 Å². The van der Waals surface area contributed by atoms with E-state index < -0.39 is 6.29 Å². The van der Waals surface area contributed by atoms with E-state index in [2.05, 4.69) is 49.9 Å². The molecule has 2 N–H and O–H groups in total. The van der Waals surface area contributed by atoms with Gasteiger partial charge in [-0.25, -0.2) is 4.98 Å². The average molecular weight is 736 g/mol. The summed E-state index contributed by atoms with van der Waals surface area (Å²) in [6, 6.07) is 41.3. The maximum absolute atomic E-state index is 13.1. The Hall–Kier alpha value is -5.79. The second-order valence-corrected chi connectivity index (χ2v) is 14.0. The lowest BCUT2D eigenvalue weighted by atomic mass is 9.91. The van der Waals surface area contributed by atoms with Crippen LogP contribution in [0.1, 0.15) is 52.1 Å². The van der Waals surface area contributed by atoms with Crippen molar-refractivity contribution < 1.29 is 19.4 Å². The van der Waals surface area contributed by atoms with Crippen LogP contribution in [-0.2, 0) is 22.6 Å². The fourth-order valence-electron chi connectivity index (χ4n) is 6.58. The molecule has 1 aliphatic heterocycles. The van der Waals surface area contributed by atoms with Gasteiger partial charge in [0.1, 0.15) is 5.69 Å². The number of amides is 1. The molecule has 8 rings (SSSR count). The molecule has 5 aromatic carbocycles. The zero-order valence-corrected chi connectivity index (χ0v) is 30.2. The van der Waals surface area contributed by atoms with Gasteiger partial charge in [0.25, 0.3) is 5.91 Å². The SMILES string of the molecule is CC1C(CSc2nnnn2-c2ccccc2)OC(c2ccc(-c3ccccc3CNC(=O)c3cnc4ccccc4n3)cc2)OC1c1ccc(CO)cc1. The van der Waals surface area contributed by atoms with Crippen molar-refractivity contribution in [3.05, 3.63) is 162 Å². The Labute approximate surface area is 316 Å². The largest absolute Gasteiger partial charge is 0.392 e. The third kappa shape index (κ3) is 7.64. The van der Waals surface area contributed by atoms with Gasteiger partial charge in [-0.05, 0) is 62.5 Å². The number of ether oxygens (including phenoxy) is 2. The van der Waals surface area contributed by atoms with E-state index in [1.54, 1.807) is 16.4 Å². The minimum absolute atomic E-state index is 0.00303. The molecule has 1 fully saturated rings. The van der Waals surface area contributed by atoms with Gasteiger partial charge in [-0.15, -0.1) is 5.10 Å². The first kappa shape index (κ1) is 35.3. The van der Waals surface area contributed by atoms with Gasteiger partial charge in [0.05, 0.1) is 41.7 Å². The summed E-state index contributed by atoms with van der Waals surface area (Å²) < 4.78 is 15.2. The first-order chi connectivity index (χ1) is 26.5. The molecule has 1 saturated heterocycles. The molecule has 0 radical (unpaired) electrons. The van der Waals surface area contributed by atoms with Gasteiger partial charge in [0.15, 0.2) is 6.29 Å². The van der Waals surface area contributed by atoms with Crippen LogP contribution < -0.4 is 5.32 Å². The first-order valence-corrected chi connectivity index (χ1v) is 18.7. The molecule has 54 heavy (non-hydrogen) atoms. The summed E-state index contributed by atoms with van der Waals surface area (Å²) in [5, 5.41) is 25.8. The minimum atomic E-state index is -0.633. The average Bonchev–Trinajstić information content (AvgIpc) is 3.71. The summed E-state index contributed by atoms with van der Waals surface area (Å²) in [6.45, 7) is 2.43. The molecule has 0 spiro atoms. The van der Waals surface area contributed by atoms with Crippen molar-refractivity contribution in [1.29, 1.82) is 0 Å². The number of carbonyl (C=O) groups is 1. The van der Waals surface area contributed by atoms with Crippen molar-refractivity contribution in [2.45, 2.75) is 43.7 Å². The number of hydrogen-bond acceptors (Lipinski definition) is 10. The molecule has 12 heteroatoms. The van der Waals surface area contributed by atoms with E-state index in [0.29, 0.717) is 23.0 Å². The Balaban J connectivity index is 1.00. The third-order valence-electron chi connectivity index (χ3n) is 9.57. The maximum atomic E-state index is 13.1. The van der Waals surface area contributed by atoms with E-state index >= 15 is 0 Å². The molecular formula is C42H37N7O4S. The van der Waals surface area contributed by atoms with Crippen molar-refractivity contribution in [2.75, 3.05) is 5.75 Å². The highest BCUT2D eigenvalue weighted by Gasteiger charge is 2.38. The molecule has 2 aromatic heterocycles. The number of aliphatic hydroxyl groups excluding tert-OH is 1. The predicted octanol–water partition coefficient (Wildman–Crippen LogP) is 7.28. The Morgan fingerprint density at radius 3 is 2.35 bits per heavy atom. The Morgan fingerprint density at radius 1 is 0.833 bits per heavy atom. The zero-order valence-electron chi connectivity index (χ0n) is 29.4. The minimum Gasteiger partial charge on any atom is -0.392 e. The summed E-state index contributed by atoms with van der Waals surface area (Å²) in [4.78, 5) is 21.9. The zero-order chi connectivity index (χ0) is 36.9. The number of rotatable bonds is 11. The summed E-state index contributed by atoms with van der Waals surface area (Å²) in [7, 11) is 0. The van der Waals surface area contributed by atoms with Crippen molar-refractivity contribution in [1.82, 2.24) is 35.5 Å². The van der Waals surface area contributed by atoms with E-state index in [0.717, 1.165) is 44.6 Å². The molecule has 0 aliphatic carbocycles. The molecule has 4 unspecified atom stereocenters. The van der Waals surface area contributed by atoms with E-state index in [1.807, 2.05) is 115 Å². The van der Waals surface area contributed by atoms with Crippen molar-refractivity contribution in [3.63, 3.8) is 0 Å². The number of nitrogens with zero attached hydrogens (tertiary/aromatic N) is 6. The maximum Gasteiger partial charge on any atom is 0.271 e. The molecule has 11 nitrogen and oxygen atoms in total. The quantitative estimate of drug-likeness (QED) is 0.131. The summed E-state index contributed by atoms with van der Waals surface area (Å²) in [5.41, 5.74) is 8.26. The van der Waals surface area contributed by atoms with E-state index in [-0.39, 0.29) is 36.3 Å². The van der Waals surface area contributed by atoms with Crippen molar-refractivity contribution >= 4 is 28.7 Å². The number of thioether (sulfide) groups is 1. The highest BCUT2D eigenvalue weighted by molar-refractivity contribution is 7.99. The monoisotopic (exact) mass is 735 g/mol. The fraction of sp³-hybridized carbons (Fsp3) is 0.190. The molecule has 0 bridgehead atoms. The topological polar surface area (TPSA) is 137 Å². The lowest BCUT2D eigenvalue weighted by molar-refractivity contribution is -0.268. The molecule has 4 atom stereocenters. The van der Waals surface area contributed by atoms with Gasteiger partial charge in [0, 0.05) is 23.8 Å². The third-order valence-corrected chi connectivity index (χ3v) is 10.6. The van der Waals surface area contributed by atoms with Crippen LogP contribution in [0.2, 0.25) is 0 Å². The van der Waals surface area contributed by atoms with Crippen LogP contribution in [0.25, 0.3) is 27.8 Å². The standard InChI is InChI=1S/C42H37N7O4S/c1-27-38(26-54-42-46-47-48-49(42)33-10-3-2-4-11-33)52-41(53-39(27)30-17-15-28(25-50)16-18-30)31-21-19-29(20-22-31)34-12-6-5-9-32(34)23-44-40(51)37-24-43-35-13-7-8-14-36(35)45-37/h2-22,24,27,38-39,41,50H,23,25-26H2,1H3,(H,44,51). The molecule has 1 aliphatic rings. The molecule has 0 saturated carbocycles. The van der Waals surface area contributed by atoms with Gasteiger partial charge < -0.3 is 19.9 Å². The van der Waals surface area contributed by atoms with E-state index in [9.17, 15) is 9.90 Å². The lowest BCUT2D eigenvalue weighted by Crippen LogP contribution is -2.38. The van der Waals surface area contributed by atoms with Crippen LogP contribution in [-0.4, -0.2) is 53.0 Å². The first-order valence-electron chi connectivity index (χ1n) is 17.7. The van der Waals surface area contributed by atoms with Crippen LogP contribution in [0.3, 0.4) is 0 Å². The van der Waals surface area contributed by atoms with Crippen LogP contribution >= 0.6 is 11.8 Å². The second-order valence-electron chi connectivity index (χ2n) is 13.0. The van der Waals surface area contributed by atoms with Crippen LogP contribution in [0, 0.1) is 5.92 Å². The molecule has 3 heterocycles. The number of para-hydroxylation sites is 3. The van der Waals surface area contributed by atoms with Crippen molar-refractivity contribution in [2.24, 2.45) is 5.92 Å². The number of nitrogens with one attached hydrogen (secondary N) is 1. The van der Waals surface area contributed by atoms with Gasteiger partial charge in [-0.3, -0.25) is 9.78 Å². The van der Waals surface area contributed by atoms with Crippen LogP contribution in [0.5, 0.6) is 0 Å². The number of benzene rings is 5. The summed E-state index contributed by atoms with van der Waals surface area (Å²) in [5.74, 6) is 0.308. The van der Waals surface area contributed by atoms with E-state index in [1.165, 1.54) is 6.20 Å². The number of tetrazole rings is 1. The predicted molar refractivity (Wildman–Crippen MR) is 205 cm³/mol. The molecule has 1 amide bonds. The van der Waals surface area contributed by atoms with E-state index in [4.69, 9.17) is 9.47 Å². The van der Waals surface area contributed by atoms with Crippen LogP contribution in [0.4, 0.5) is 0 Å². The highest BCUT2D eigenvalue weighted by atomic mass is 32.2. The van der Waals surface area contributed by atoms with Gasteiger partial charge in [-0.2, -0.15) is 4.68 Å². The second kappa shape index (κ2) is 16.1. The van der Waals surface area contributed by atoms with Gasteiger partial charge in [-0.1, -0.05) is 122 Å². The number of aromatic nitrogens is 6. The number of fused-ring (bicyclic) bond motifs is 1. The molecule has 270 valence electrons. The highest BCUT2D eigenvalue weighted by Crippen LogP contribution is 2.43. The molecular weight excluding hydrogens is 699 g/mol.